The van der Waals surface area contributed by atoms with Crippen molar-refractivity contribution < 1.29 is 9.18 Å². The van der Waals surface area contributed by atoms with E-state index in [0.29, 0.717) is 19.6 Å². The summed E-state index contributed by atoms with van der Waals surface area (Å²) in [6, 6.07) is 6.49. The molecule has 2 N–H and O–H groups in total. The largest absolute Gasteiger partial charge is 0.337 e. The van der Waals surface area contributed by atoms with Gasteiger partial charge in [-0.3, -0.25) is 4.79 Å². The number of carbonyl (C=O) groups is 1. The second kappa shape index (κ2) is 8.41. The molecule has 1 fully saturated rings. The Balaban J connectivity index is 2.11. The smallest absolute Gasteiger partial charge is 0.226 e. The molecule has 2 atom stereocenters. The second-order valence-corrected chi connectivity index (χ2v) is 6.73. The molecule has 1 amide bonds. The summed E-state index contributed by atoms with van der Waals surface area (Å²) in [7, 11) is 3.98. The van der Waals surface area contributed by atoms with E-state index in [2.05, 4.69) is 4.90 Å². The van der Waals surface area contributed by atoms with Gasteiger partial charge in [-0.1, -0.05) is 18.6 Å². The van der Waals surface area contributed by atoms with Gasteiger partial charge in [0.15, 0.2) is 0 Å². The number of nitrogens with two attached hydrogens (primary N) is 1. The molecule has 128 valence electrons. The molecular weight excluding hydrogens is 293 g/mol. The van der Waals surface area contributed by atoms with Gasteiger partial charge in [0.1, 0.15) is 5.82 Å². The molecule has 1 aliphatic carbocycles. The number of hydrogen-bond donors (Lipinski definition) is 1. The summed E-state index contributed by atoms with van der Waals surface area (Å²) >= 11 is 0. The summed E-state index contributed by atoms with van der Waals surface area (Å²) in [5.41, 5.74) is 6.66. The van der Waals surface area contributed by atoms with Crippen molar-refractivity contribution in [1.29, 1.82) is 0 Å². The Kier molecular flexibility index (Phi) is 6.54. The highest BCUT2D eigenvalue weighted by molar-refractivity contribution is 5.79. The number of carbonyl (C=O) groups excluding carboxylic acids is 1. The number of amides is 1. The lowest BCUT2D eigenvalue weighted by molar-refractivity contribution is -0.137. The predicted molar refractivity (Wildman–Crippen MR) is 90.3 cm³/mol. The van der Waals surface area contributed by atoms with Gasteiger partial charge in [-0.25, -0.2) is 4.39 Å². The van der Waals surface area contributed by atoms with Crippen molar-refractivity contribution in [2.45, 2.75) is 25.8 Å². The summed E-state index contributed by atoms with van der Waals surface area (Å²) < 4.78 is 13.4. The summed E-state index contributed by atoms with van der Waals surface area (Å²) in [4.78, 5) is 16.9. The third-order valence-corrected chi connectivity index (χ3v) is 4.67. The summed E-state index contributed by atoms with van der Waals surface area (Å²) in [5, 5.41) is 0. The molecule has 0 aliphatic heterocycles. The van der Waals surface area contributed by atoms with E-state index in [1.807, 2.05) is 25.1 Å². The number of benzene rings is 1. The first-order chi connectivity index (χ1) is 11.0. The molecule has 0 saturated heterocycles. The normalized spacial score (nSPS) is 20.9. The summed E-state index contributed by atoms with van der Waals surface area (Å²) in [5.74, 6) is 0.222. The zero-order valence-corrected chi connectivity index (χ0v) is 14.2. The molecule has 1 aliphatic rings. The Morgan fingerprint density at radius 1 is 1.30 bits per heavy atom. The van der Waals surface area contributed by atoms with Crippen molar-refractivity contribution in [3.8, 4) is 0 Å². The fourth-order valence-corrected chi connectivity index (χ4v) is 3.32. The van der Waals surface area contributed by atoms with Crippen LogP contribution in [0.1, 0.15) is 24.8 Å². The summed E-state index contributed by atoms with van der Waals surface area (Å²) in [6.07, 6.45) is 3.02. The Morgan fingerprint density at radius 3 is 2.74 bits per heavy atom. The third-order valence-electron chi connectivity index (χ3n) is 4.67. The molecule has 1 aromatic rings. The van der Waals surface area contributed by atoms with Crippen molar-refractivity contribution in [3.63, 3.8) is 0 Å². The molecule has 0 bridgehead atoms. The Morgan fingerprint density at radius 2 is 2.09 bits per heavy atom. The van der Waals surface area contributed by atoms with E-state index in [-0.39, 0.29) is 23.6 Å². The molecule has 0 unspecified atom stereocenters. The second-order valence-electron chi connectivity index (χ2n) is 6.73. The van der Waals surface area contributed by atoms with Crippen LogP contribution in [-0.2, 0) is 11.3 Å². The number of hydrogen-bond acceptors (Lipinski definition) is 3. The average molecular weight is 321 g/mol. The standard InChI is InChI=1S/C18H28FN3O/c1-21(2)9-10-22(13-14-5-3-7-16(19)11-14)18(23)17-8-4-6-15(17)12-20/h3,5,7,11,15,17H,4,6,8-10,12-13,20H2,1-2H3/t15-,17-/m1/s1. The molecule has 0 aromatic heterocycles. The molecule has 1 aromatic carbocycles. The molecule has 4 nitrogen and oxygen atoms in total. The van der Waals surface area contributed by atoms with Gasteiger partial charge in [0, 0.05) is 25.6 Å². The Bertz CT molecular complexity index is 521. The van der Waals surface area contributed by atoms with Crippen LogP contribution < -0.4 is 5.73 Å². The highest BCUT2D eigenvalue weighted by atomic mass is 19.1. The maximum Gasteiger partial charge on any atom is 0.226 e. The van der Waals surface area contributed by atoms with Gasteiger partial charge >= 0.3 is 0 Å². The fraction of sp³-hybridized carbons (Fsp3) is 0.611. The van der Waals surface area contributed by atoms with Crippen LogP contribution in [0, 0.1) is 17.7 Å². The van der Waals surface area contributed by atoms with Crippen molar-refractivity contribution in [2.75, 3.05) is 33.7 Å². The van der Waals surface area contributed by atoms with Gasteiger partial charge in [0.2, 0.25) is 5.91 Å². The lowest BCUT2D eigenvalue weighted by Gasteiger charge is -2.29. The van der Waals surface area contributed by atoms with Crippen LogP contribution in [0.2, 0.25) is 0 Å². The van der Waals surface area contributed by atoms with E-state index in [1.54, 1.807) is 6.07 Å². The molecule has 0 radical (unpaired) electrons. The van der Waals surface area contributed by atoms with Crippen LogP contribution in [0.3, 0.4) is 0 Å². The molecule has 23 heavy (non-hydrogen) atoms. The highest BCUT2D eigenvalue weighted by Crippen LogP contribution is 2.32. The van der Waals surface area contributed by atoms with Gasteiger partial charge in [0.25, 0.3) is 0 Å². The van der Waals surface area contributed by atoms with Crippen LogP contribution in [0.4, 0.5) is 4.39 Å². The van der Waals surface area contributed by atoms with Crippen LogP contribution in [0.15, 0.2) is 24.3 Å². The molecule has 2 rings (SSSR count). The van der Waals surface area contributed by atoms with E-state index in [9.17, 15) is 9.18 Å². The quantitative estimate of drug-likeness (QED) is 0.836. The number of likely N-dealkylation sites (N-methyl/N-ethyl adjacent to an activating group) is 1. The fourth-order valence-electron chi connectivity index (χ4n) is 3.32. The Labute approximate surface area is 138 Å². The van der Waals surface area contributed by atoms with Gasteiger partial charge in [-0.2, -0.15) is 0 Å². The molecule has 0 spiro atoms. The summed E-state index contributed by atoms with van der Waals surface area (Å²) in [6.45, 7) is 2.47. The maximum atomic E-state index is 13.4. The minimum Gasteiger partial charge on any atom is -0.337 e. The molecule has 1 saturated carbocycles. The first-order valence-corrected chi connectivity index (χ1v) is 8.39. The first-order valence-electron chi connectivity index (χ1n) is 8.39. The van der Waals surface area contributed by atoms with Crippen molar-refractivity contribution in [1.82, 2.24) is 9.80 Å². The van der Waals surface area contributed by atoms with Crippen molar-refractivity contribution in [3.05, 3.63) is 35.6 Å². The van der Waals surface area contributed by atoms with Gasteiger partial charge in [0.05, 0.1) is 0 Å². The van der Waals surface area contributed by atoms with Gasteiger partial charge < -0.3 is 15.5 Å². The lowest BCUT2D eigenvalue weighted by Crippen LogP contribution is -2.41. The van der Waals surface area contributed by atoms with Crippen molar-refractivity contribution in [2.24, 2.45) is 17.6 Å². The van der Waals surface area contributed by atoms with E-state index in [0.717, 1.165) is 31.4 Å². The third kappa shape index (κ3) is 5.01. The topological polar surface area (TPSA) is 49.6 Å². The minimum atomic E-state index is -0.261. The SMILES string of the molecule is CN(C)CCN(Cc1cccc(F)c1)C(=O)[C@@H]1CCC[C@@H]1CN. The average Bonchev–Trinajstić information content (AvgIpc) is 2.99. The van der Waals surface area contributed by atoms with E-state index >= 15 is 0 Å². The minimum absolute atomic E-state index is 0.0238. The number of nitrogens with zero attached hydrogens (tertiary/aromatic N) is 2. The van der Waals surface area contributed by atoms with Crippen molar-refractivity contribution >= 4 is 5.91 Å². The van der Waals surface area contributed by atoms with Gasteiger partial charge in [-0.15, -0.1) is 0 Å². The Hall–Kier alpha value is -1.46. The number of rotatable bonds is 7. The van der Waals surface area contributed by atoms with E-state index in [1.165, 1.54) is 12.1 Å². The van der Waals surface area contributed by atoms with Crippen LogP contribution in [0.25, 0.3) is 0 Å². The molecule has 5 heteroatoms. The lowest BCUT2D eigenvalue weighted by atomic mass is 9.94. The van der Waals surface area contributed by atoms with Crippen LogP contribution >= 0.6 is 0 Å². The zero-order chi connectivity index (χ0) is 16.8. The first kappa shape index (κ1) is 17.9. The monoisotopic (exact) mass is 321 g/mol. The maximum absolute atomic E-state index is 13.4. The predicted octanol–water partition coefficient (Wildman–Crippen LogP) is 2.09. The van der Waals surface area contributed by atoms with Crippen LogP contribution in [-0.4, -0.2) is 49.4 Å². The van der Waals surface area contributed by atoms with E-state index < -0.39 is 0 Å². The number of halogens is 1. The zero-order valence-electron chi connectivity index (χ0n) is 14.2. The van der Waals surface area contributed by atoms with E-state index in [4.69, 9.17) is 5.73 Å². The van der Waals surface area contributed by atoms with Crippen LogP contribution in [0.5, 0.6) is 0 Å². The van der Waals surface area contributed by atoms with Gasteiger partial charge in [-0.05, 0) is 57.1 Å². The highest BCUT2D eigenvalue weighted by Gasteiger charge is 2.34. The molecule has 0 heterocycles. The molecular formula is C18H28FN3O.